The number of rotatable bonds is 10. The molecule has 0 aliphatic carbocycles. The summed E-state index contributed by atoms with van der Waals surface area (Å²) in [5.74, 6) is -2.79. The molecule has 1 unspecified atom stereocenters. The first-order valence-corrected chi connectivity index (χ1v) is 12.6. The summed E-state index contributed by atoms with van der Waals surface area (Å²) in [7, 11) is 0. The summed E-state index contributed by atoms with van der Waals surface area (Å²) >= 11 is 12.0. The molecule has 5 N–H and O–H groups in total. The molecule has 4 amide bonds. The van der Waals surface area contributed by atoms with Gasteiger partial charge in [-0.1, -0.05) is 29.3 Å². The Bertz CT molecular complexity index is 1250. The van der Waals surface area contributed by atoms with Gasteiger partial charge in [0.25, 0.3) is 5.91 Å². The van der Waals surface area contributed by atoms with Crippen molar-refractivity contribution >= 4 is 64.8 Å². The van der Waals surface area contributed by atoms with Crippen molar-refractivity contribution in [2.45, 2.75) is 26.3 Å². The smallest absolute Gasteiger partial charge is 0.413 e. The van der Waals surface area contributed by atoms with Gasteiger partial charge in [0.05, 0.1) is 37.9 Å². The molecular formula is C25H27Cl2N5O8. The lowest BCUT2D eigenvalue weighted by Gasteiger charge is -2.18. The van der Waals surface area contributed by atoms with Gasteiger partial charge in [0.1, 0.15) is 0 Å². The van der Waals surface area contributed by atoms with E-state index < -0.39 is 49.0 Å². The van der Waals surface area contributed by atoms with Gasteiger partial charge in [-0.05, 0) is 55.8 Å². The molecule has 0 aromatic heterocycles. The predicted molar refractivity (Wildman–Crippen MR) is 146 cm³/mol. The van der Waals surface area contributed by atoms with E-state index in [4.69, 9.17) is 32.7 Å². The van der Waals surface area contributed by atoms with Crippen LogP contribution in [0.1, 0.15) is 42.2 Å². The Balaban J connectivity index is 2.11. The minimum atomic E-state index is -1.17. The number of aliphatic imine (C=N–C) groups is 1. The number of halogens is 2. The molecule has 1 atom stereocenters. The molecule has 2 aromatic carbocycles. The van der Waals surface area contributed by atoms with E-state index in [1.807, 2.05) is 0 Å². The van der Waals surface area contributed by atoms with Gasteiger partial charge in [0.2, 0.25) is 11.9 Å². The van der Waals surface area contributed by atoms with Crippen LogP contribution in [0, 0.1) is 0 Å². The standard InChI is InChI=1S/C25H27Cl2N5O8/c1-3-39-24(37)31-23(32-25(38)40-4-2)29-18-7-5-6-14(10-18)22(36)28-13-20(33)30-19(12-21(34)35)15-8-16(26)11-17(27)9-15/h5-11,19H,3-4,12-13H2,1-2H3,(H,28,36)(H,30,33)(H,34,35)(H2,29,31,32,37,38). The first-order valence-electron chi connectivity index (χ1n) is 11.8. The Morgan fingerprint density at radius 1 is 0.925 bits per heavy atom. The van der Waals surface area contributed by atoms with Crippen LogP contribution >= 0.6 is 23.2 Å². The molecular weight excluding hydrogens is 569 g/mol. The molecule has 2 rings (SSSR count). The number of carbonyl (C=O) groups excluding carboxylic acids is 4. The average Bonchev–Trinajstić information content (AvgIpc) is 2.86. The number of ether oxygens (including phenoxy) is 2. The molecule has 0 aliphatic heterocycles. The van der Waals surface area contributed by atoms with E-state index in [0.29, 0.717) is 5.56 Å². The van der Waals surface area contributed by atoms with Crippen molar-refractivity contribution < 1.29 is 38.6 Å². The summed E-state index contributed by atoms with van der Waals surface area (Å²) in [6.07, 6.45) is -2.20. The predicted octanol–water partition coefficient (Wildman–Crippen LogP) is 3.54. The molecule has 0 bridgehead atoms. The zero-order valence-electron chi connectivity index (χ0n) is 21.5. The summed E-state index contributed by atoms with van der Waals surface area (Å²) in [4.78, 5) is 64.3. The van der Waals surface area contributed by atoms with Gasteiger partial charge in [0, 0.05) is 15.6 Å². The van der Waals surface area contributed by atoms with Crippen LogP contribution in [0.3, 0.4) is 0 Å². The highest BCUT2D eigenvalue weighted by atomic mass is 35.5. The molecule has 15 heteroatoms. The number of carboxylic acid groups (broad SMARTS) is 1. The minimum absolute atomic E-state index is 0.0750. The maximum absolute atomic E-state index is 12.7. The van der Waals surface area contributed by atoms with E-state index in [9.17, 15) is 29.1 Å². The fourth-order valence-corrected chi connectivity index (χ4v) is 3.71. The van der Waals surface area contributed by atoms with Gasteiger partial charge in [-0.3, -0.25) is 25.0 Å². The van der Waals surface area contributed by atoms with Gasteiger partial charge in [-0.25, -0.2) is 14.6 Å². The highest BCUT2D eigenvalue weighted by Crippen LogP contribution is 2.25. The fraction of sp³-hybridized carbons (Fsp3) is 0.280. The van der Waals surface area contributed by atoms with Crippen molar-refractivity contribution in [3.63, 3.8) is 0 Å². The van der Waals surface area contributed by atoms with Gasteiger partial charge in [-0.15, -0.1) is 0 Å². The molecule has 214 valence electrons. The lowest BCUT2D eigenvalue weighted by atomic mass is 10.0. The molecule has 0 saturated carbocycles. The van der Waals surface area contributed by atoms with Crippen LogP contribution in [0.25, 0.3) is 0 Å². The molecule has 0 heterocycles. The van der Waals surface area contributed by atoms with Crippen LogP contribution in [0.2, 0.25) is 10.0 Å². The summed E-state index contributed by atoms with van der Waals surface area (Å²) in [6, 6.07) is 9.25. The van der Waals surface area contributed by atoms with E-state index in [2.05, 4.69) is 26.3 Å². The fourth-order valence-electron chi connectivity index (χ4n) is 3.17. The number of nitrogens with one attached hydrogen (secondary N) is 4. The third-order valence-electron chi connectivity index (χ3n) is 4.75. The highest BCUT2D eigenvalue weighted by Gasteiger charge is 2.20. The second-order valence-corrected chi connectivity index (χ2v) is 8.68. The van der Waals surface area contributed by atoms with Gasteiger partial charge >= 0.3 is 18.2 Å². The van der Waals surface area contributed by atoms with Crippen molar-refractivity contribution in [3.8, 4) is 0 Å². The number of hydrogen-bond acceptors (Lipinski definition) is 8. The maximum atomic E-state index is 12.7. The lowest BCUT2D eigenvalue weighted by Crippen LogP contribution is -2.44. The number of carbonyl (C=O) groups is 5. The van der Waals surface area contributed by atoms with E-state index in [-0.39, 0.29) is 40.5 Å². The highest BCUT2D eigenvalue weighted by molar-refractivity contribution is 6.34. The largest absolute Gasteiger partial charge is 0.481 e. The zero-order chi connectivity index (χ0) is 29.7. The topological polar surface area (TPSA) is 185 Å². The molecule has 0 radical (unpaired) electrons. The summed E-state index contributed by atoms with van der Waals surface area (Å²) in [5, 5.41) is 19.3. The molecule has 0 spiro atoms. The van der Waals surface area contributed by atoms with Crippen LogP contribution in [-0.2, 0) is 19.1 Å². The number of hydrogen-bond donors (Lipinski definition) is 5. The zero-order valence-corrected chi connectivity index (χ0v) is 23.0. The Morgan fingerprint density at radius 3 is 2.08 bits per heavy atom. The average molecular weight is 596 g/mol. The summed E-state index contributed by atoms with van der Waals surface area (Å²) in [5.41, 5.74) is 0.651. The van der Waals surface area contributed by atoms with Gasteiger partial charge < -0.3 is 25.2 Å². The van der Waals surface area contributed by atoms with Crippen LogP contribution < -0.4 is 21.3 Å². The van der Waals surface area contributed by atoms with Crippen molar-refractivity contribution in [2.24, 2.45) is 4.99 Å². The van der Waals surface area contributed by atoms with Gasteiger partial charge in [-0.2, -0.15) is 0 Å². The summed E-state index contributed by atoms with van der Waals surface area (Å²) < 4.78 is 9.57. The van der Waals surface area contributed by atoms with Crippen molar-refractivity contribution in [3.05, 3.63) is 63.6 Å². The van der Waals surface area contributed by atoms with Crippen molar-refractivity contribution in [1.29, 1.82) is 0 Å². The van der Waals surface area contributed by atoms with Crippen LogP contribution in [0.5, 0.6) is 0 Å². The van der Waals surface area contributed by atoms with Crippen LogP contribution in [0.4, 0.5) is 15.3 Å². The maximum Gasteiger partial charge on any atom is 0.413 e. The first kappa shape index (κ1) is 31.9. The van der Waals surface area contributed by atoms with Crippen LogP contribution in [0.15, 0.2) is 47.5 Å². The monoisotopic (exact) mass is 595 g/mol. The minimum Gasteiger partial charge on any atom is -0.481 e. The number of amides is 4. The molecule has 2 aromatic rings. The Hall–Kier alpha value is -4.36. The Labute approximate surface area is 239 Å². The third-order valence-corrected chi connectivity index (χ3v) is 5.19. The first-order chi connectivity index (χ1) is 19.0. The number of nitrogens with zero attached hydrogens (tertiary/aromatic N) is 1. The quantitative estimate of drug-likeness (QED) is 0.204. The number of benzene rings is 2. The number of aliphatic carboxylic acids is 1. The molecule has 0 fully saturated rings. The molecule has 0 aliphatic rings. The number of alkyl carbamates (subject to hydrolysis) is 2. The van der Waals surface area contributed by atoms with Crippen molar-refractivity contribution in [1.82, 2.24) is 21.3 Å². The second kappa shape index (κ2) is 15.9. The number of guanidine groups is 1. The Kier molecular flexibility index (Phi) is 12.7. The lowest BCUT2D eigenvalue weighted by molar-refractivity contribution is -0.137. The van der Waals surface area contributed by atoms with E-state index >= 15 is 0 Å². The molecule has 0 saturated heterocycles. The Morgan fingerprint density at radius 2 is 1.52 bits per heavy atom. The number of carboxylic acids is 1. The van der Waals surface area contributed by atoms with E-state index in [0.717, 1.165) is 0 Å². The van der Waals surface area contributed by atoms with Crippen LogP contribution in [-0.4, -0.2) is 60.8 Å². The van der Waals surface area contributed by atoms with E-state index in [1.54, 1.807) is 13.8 Å². The van der Waals surface area contributed by atoms with E-state index in [1.165, 1.54) is 42.5 Å². The second-order valence-electron chi connectivity index (χ2n) is 7.81. The summed E-state index contributed by atoms with van der Waals surface area (Å²) in [6.45, 7) is 2.86. The van der Waals surface area contributed by atoms with Gasteiger partial charge in [0.15, 0.2) is 0 Å². The third kappa shape index (κ3) is 11.2. The molecule has 40 heavy (non-hydrogen) atoms. The molecule has 13 nitrogen and oxygen atoms in total. The normalized spacial score (nSPS) is 10.9. The SMILES string of the molecule is CCOC(=O)NC(=Nc1cccc(C(=O)NCC(=O)NC(CC(=O)O)c2cc(Cl)cc(Cl)c2)c1)NC(=O)OCC. The van der Waals surface area contributed by atoms with Crippen molar-refractivity contribution in [2.75, 3.05) is 19.8 Å².